The van der Waals surface area contributed by atoms with Crippen LogP contribution in [0.5, 0.6) is 5.75 Å². The molecule has 1 aromatic carbocycles. The third-order valence-corrected chi connectivity index (χ3v) is 2.87. The summed E-state index contributed by atoms with van der Waals surface area (Å²) in [5.41, 5.74) is 2.17. The van der Waals surface area contributed by atoms with Crippen LogP contribution >= 0.6 is 12.6 Å². The molecule has 4 heteroatoms. The van der Waals surface area contributed by atoms with E-state index in [0.29, 0.717) is 18.8 Å². The van der Waals surface area contributed by atoms with Gasteiger partial charge in [0.1, 0.15) is 5.75 Å². The van der Waals surface area contributed by atoms with Gasteiger partial charge in [-0.3, -0.25) is 4.79 Å². The highest BCUT2D eigenvalue weighted by Crippen LogP contribution is 2.26. The number of benzene rings is 1. The van der Waals surface area contributed by atoms with E-state index in [0.717, 1.165) is 16.9 Å². The normalized spacial score (nSPS) is 12.0. The molecule has 0 heterocycles. The fourth-order valence-electron chi connectivity index (χ4n) is 1.79. The van der Waals surface area contributed by atoms with Crippen LogP contribution in [0.3, 0.4) is 0 Å². The van der Waals surface area contributed by atoms with Crippen LogP contribution in [0.2, 0.25) is 0 Å². The Morgan fingerprint density at radius 2 is 2.22 bits per heavy atom. The first-order valence-corrected chi connectivity index (χ1v) is 6.85. The zero-order valence-electron chi connectivity index (χ0n) is 11.2. The Morgan fingerprint density at radius 3 is 2.83 bits per heavy atom. The van der Waals surface area contributed by atoms with Crippen molar-refractivity contribution in [1.29, 1.82) is 0 Å². The fourth-order valence-corrected chi connectivity index (χ4v) is 1.99. The minimum Gasteiger partial charge on any atom is -0.494 e. The molecule has 1 amide bonds. The molecule has 0 saturated heterocycles. The van der Waals surface area contributed by atoms with Gasteiger partial charge in [-0.25, -0.2) is 0 Å². The van der Waals surface area contributed by atoms with E-state index in [2.05, 4.69) is 24.0 Å². The zero-order chi connectivity index (χ0) is 13.5. The number of carbonyl (C=O) groups is 1. The lowest BCUT2D eigenvalue weighted by molar-refractivity contribution is -0.121. The molecule has 0 aliphatic rings. The number of aryl methyl sites for hydroxylation is 1. The number of nitrogens with one attached hydrogen (secondary N) is 1. The number of carbonyl (C=O) groups excluding carboxylic acids is 1. The summed E-state index contributed by atoms with van der Waals surface area (Å²) in [6.45, 7) is 6.57. The van der Waals surface area contributed by atoms with Crippen molar-refractivity contribution in [1.82, 2.24) is 5.32 Å². The van der Waals surface area contributed by atoms with Gasteiger partial charge in [-0.05, 0) is 32.6 Å². The summed E-state index contributed by atoms with van der Waals surface area (Å²) in [4.78, 5) is 11.6. The second kappa shape index (κ2) is 7.31. The van der Waals surface area contributed by atoms with Crippen LogP contribution in [0.15, 0.2) is 18.2 Å². The van der Waals surface area contributed by atoms with Gasteiger partial charge in [0.15, 0.2) is 0 Å². The molecule has 18 heavy (non-hydrogen) atoms. The number of amides is 1. The first-order valence-electron chi connectivity index (χ1n) is 6.22. The van der Waals surface area contributed by atoms with Crippen LogP contribution in [-0.4, -0.2) is 18.3 Å². The minimum absolute atomic E-state index is 0.0152. The van der Waals surface area contributed by atoms with Gasteiger partial charge >= 0.3 is 0 Å². The monoisotopic (exact) mass is 267 g/mol. The average Bonchev–Trinajstić information content (AvgIpc) is 2.32. The van der Waals surface area contributed by atoms with E-state index < -0.39 is 0 Å². The van der Waals surface area contributed by atoms with Crippen molar-refractivity contribution < 1.29 is 9.53 Å². The maximum Gasteiger partial charge on any atom is 0.221 e. The lowest BCUT2D eigenvalue weighted by atomic mass is 10.0. The van der Waals surface area contributed by atoms with Gasteiger partial charge in [0, 0.05) is 12.0 Å². The highest BCUT2D eigenvalue weighted by atomic mass is 32.1. The van der Waals surface area contributed by atoms with Crippen LogP contribution in [0.25, 0.3) is 0 Å². The molecule has 1 N–H and O–H groups in total. The Bertz CT molecular complexity index is 407. The van der Waals surface area contributed by atoms with Crippen LogP contribution in [0, 0.1) is 6.92 Å². The first kappa shape index (κ1) is 14.9. The molecule has 1 aromatic rings. The molecule has 1 atom stereocenters. The zero-order valence-corrected chi connectivity index (χ0v) is 12.1. The molecule has 0 aliphatic heterocycles. The lowest BCUT2D eigenvalue weighted by Crippen LogP contribution is -2.27. The second-order valence-electron chi connectivity index (χ2n) is 4.24. The van der Waals surface area contributed by atoms with Crippen LogP contribution in [0.1, 0.15) is 37.4 Å². The number of hydrogen-bond acceptors (Lipinski definition) is 3. The smallest absolute Gasteiger partial charge is 0.221 e. The van der Waals surface area contributed by atoms with Gasteiger partial charge in [-0.15, -0.1) is 0 Å². The van der Waals surface area contributed by atoms with Crippen molar-refractivity contribution in [3.05, 3.63) is 29.3 Å². The summed E-state index contributed by atoms with van der Waals surface area (Å²) in [7, 11) is 0. The first-order chi connectivity index (χ1) is 8.58. The van der Waals surface area contributed by atoms with Gasteiger partial charge in [-0.2, -0.15) is 12.6 Å². The van der Waals surface area contributed by atoms with E-state index >= 15 is 0 Å². The maximum atomic E-state index is 11.6. The third-order valence-electron chi connectivity index (χ3n) is 2.65. The Kier molecular flexibility index (Phi) is 6.05. The molecule has 0 bridgehead atoms. The molecule has 100 valence electrons. The molecule has 3 nitrogen and oxygen atoms in total. The summed E-state index contributed by atoms with van der Waals surface area (Å²) in [6, 6.07) is 5.96. The largest absolute Gasteiger partial charge is 0.494 e. The van der Waals surface area contributed by atoms with Crippen molar-refractivity contribution in [3.8, 4) is 5.75 Å². The van der Waals surface area contributed by atoms with E-state index in [9.17, 15) is 4.79 Å². The van der Waals surface area contributed by atoms with Crippen molar-refractivity contribution in [3.63, 3.8) is 0 Å². The van der Waals surface area contributed by atoms with E-state index in [1.54, 1.807) is 0 Å². The number of thiol groups is 1. The quantitative estimate of drug-likeness (QED) is 0.778. The lowest BCUT2D eigenvalue weighted by Gasteiger charge is -2.18. The number of rotatable bonds is 6. The maximum absolute atomic E-state index is 11.6. The van der Waals surface area contributed by atoms with Crippen LogP contribution in [-0.2, 0) is 4.79 Å². The van der Waals surface area contributed by atoms with Crippen molar-refractivity contribution in [2.24, 2.45) is 0 Å². The molecule has 1 unspecified atom stereocenters. The second-order valence-corrected chi connectivity index (χ2v) is 4.68. The van der Waals surface area contributed by atoms with Crippen molar-refractivity contribution >= 4 is 18.5 Å². The highest BCUT2D eigenvalue weighted by Gasteiger charge is 2.14. The van der Waals surface area contributed by atoms with E-state index in [1.807, 2.05) is 32.9 Å². The van der Waals surface area contributed by atoms with Crippen LogP contribution in [0.4, 0.5) is 0 Å². The van der Waals surface area contributed by atoms with Gasteiger partial charge in [0.25, 0.3) is 0 Å². The van der Waals surface area contributed by atoms with Gasteiger partial charge in [0.2, 0.25) is 5.91 Å². The van der Waals surface area contributed by atoms with Crippen LogP contribution < -0.4 is 10.1 Å². The molecule has 0 aliphatic carbocycles. The SMILES string of the molecule is CCOc1ccc(C)cc1C(C)NC(=O)CCS. The Balaban J connectivity index is 2.85. The van der Waals surface area contributed by atoms with Gasteiger partial charge in [-0.1, -0.05) is 17.7 Å². The molecule has 0 fully saturated rings. The third kappa shape index (κ3) is 4.26. The van der Waals surface area contributed by atoms with E-state index in [1.165, 1.54) is 0 Å². The predicted octanol–water partition coefficient (Wildman–Crippen LogP) is 2.89. The summed E-state index contributed by atoms with van der Waals surface area (Å²) in [5.74, 6) is 1.41. The van der Waals surface area contributed by atoms with E-state index in [4.69, 9.17) is 4.74 Å². The molecule has 0 saturated carbocycles. The summed E-state index contributed by atoms with van der Waals surface area (Å²) < 4.78 is 5.59. The molecular weight excluding hydrogens is 246 g/mol. The minimum atomic E-state index is -0.0566. The summed E-state index contributed by atoms with van der Waals surface area (Å²) >= 11 is 4.05. The van der Waals surface area contributed by atoms with Crippen molar-refractivity contribution in [2.45, 2.75) is 33.2 Å². The van der Waals surface area contributed by atoms with E-state index in [-0.39, 0.29) is 11.9 Å². The fraction of sp³-hybridized carbons (Fsp3) is 0.500. The summed E-state index contributed by atoms with van der Waals surface area (Å²) in [5, 5.41) is 2.96. The topological polar surface area (TPSA) is 38.3 Å². The van der Waals surface area contributed by atoms with Gasteiger partial charge in [0.05, 0.1) is 12.6 Å². The number of ether oxygens (including phenoxy) is 1. The van der Waals surface area contributed by atoms with Gasteiger partial charge < -0.3 is 10.1 Å². The Morgan fingerprint density at radius 1 is 1.50 bits per heavy atom. The Labute approximate surface area is 114 Å². The molecule has 0 aromatic heterocycles. The molecule has 1 rings (SSSR count). The standard InChI is InChI=1S/C14H21NO2S/c1-4-17-13-6-5-10(2)9-12(13)11(3)15-14(16)7-8-18/h5-6,9,11,18H,4,7-8H2,1-3H3,(H,15,16). The average molecular weight is 267 g/mol. The predicted molar refractivity (Wildman–Crippen MR) is 77.4 cm³/mol. The summed E-state index contributed by atoms with van der Waals surface area (Å²) in [6.07, 6.45) is 0.434. The molecular formula is C14H21NO2S. The number of hydrogen-bond donors (Lipinski definition) is 2. The molecule has 0 spiro atoms. The van der Waals surface area contributed by atoms with Crippen molar-refractivity contribution in [2.75, 3.05) is 12.4 Å². The Hall–Kier alpha value is -1.16. The highest BCUT2D eigenvalue weighted by molar-refractivity contribution is 7.80. The molecule has 0 radical (unpaired) electrons.